The summed E-state index contributed by atoms with van der Waals surface area (Å²) in [4.78, 5) is 11.8. The van der Waals surface area contributed by atoms with Crippen LogP contribution in [0.1, 0.15) is 12.0 Å². The third-order valence-electron chi connectivity index (χ3n) is 3.11. The smallest absolute Gasteiger partial charge is 0.224 e. The molecule has 0 saturated carbocycles. The van der Waals surface area contributed by atoms with E-state index < -0.39 is 10.0 Å². The fraction of sp³-hybridized carbons (Fsp3) is 0.267. The quantitative estimate of drug-likeness (QED) is 0.785. The second kappa shape index (κ2) is 6.69. The van der Waals surface area contributed by atoms with E-state index in [0.29, 0.717) is 13.0 Å². The number of hydrogen-bond donors (Lipinski definition) is 2. The topological polar surface area (TPSA) is 89.3 Å². The Morgan fingerprint density at radius 3 is 2.52 bits per heavy atom. The third-order valence-corrected chi connectivity index (χ3v) is 3.96. The van der Waals surface area contributed by atoms with E-state index in [0.717, 1.165) is 16.3 Å². The van der Waals surface area contributed by atoms with Gasteiger partial charge >= 0.3 is 0 Å². The van der Waals surface area contributed by atoms with Gasteiger partial charge in [0.05, 0.1) is 12.2 Å². The number of nitrogens with one attached hydrogen (secondary N) is 1. The van der Waals surface area contributed by atoms with Gasteiger partial charge in [0.15, 0.2) is 0 Å². The standard InChI is InChI=1S/C15H18N2O3S/c16-21(19,20)9-3-8-17-15(18)11-12-6-7-13-4-1-2-5-14(13)10-12/h1-2,4-7,10H,3,8-9,11H2,(H,17,18)(H2,16,19,20). The van der Waals surface area contributed by atoms with Crippen LogP contribution in [-0.4, -0.2) is 26.6 Å². The van der Waals surface area contributed by atoms with Crippen LogP contribution < -0.4 is 10.5 Å². The van der Waals surface area contributed by atoms with Crippen LogP contribution in [0, 0.1) is 0 Å². The van der Waals surface area contributed by atoms with Crippen molar-refractivity contribution in [1.82, 2.24) is 5.32 Å². The van der Waals surface area contributed by atoms with Crippen molar-refractivity contribution in [3.8, 4) is 0 Å². The van der Waals surface area contributed by atoms with Gasteiger partial charge in [0.2, 0.25) is 15.9 Å². The summed E-state index contributed by atoms with van der Waals surface area (Å²) in [7, 11) is -3.46. The highest BCUT2D eigenvalue weighted by Crippen LogP contribution is 2.15. The molecule has 21 heavy (non-hydrogen) atoms. The highest BCUT2D eigenvalue weighted by molar-refractivity contribution is 7.89. The zero-order valence-electron chi connectivity index (χ0n) is 11.6. The van der Waals surface area contributed by atoms with Crippen molar-refractivity contribution in [1.29, 1.82) is 0 Å². The van der Waals surface area contributed by atoms with Crippen molar-refractivity contribution in [2.45, 2.75) is 12.8 Å². The van der Waals surface area contributed by atoms with Crippen LogP contribution in [0.25, 0.3) is 10.8 Å². The van der Waals surface area contributed by atoms with Crippen LogP contribution in [0.4, 0.5) is 0 Å². The van der Waals surface area contributed by atoms with Crippen molar-refractivity contribution in [3.63, 3.8) is 0 Å². The van der Waals surface area contributed by atoms with Crippen molar-refractivity contribution >= 4 is 26.7 Å². The first-order chi connectivity index (χ1) is 9.94. The number of amides is 1. The summed E-state index contributed by atoms with van der Waals surface area (Å²) in [6.45, 7) is 0.308. The van der Waals surface area contributed by atoms with Gasteiger partial charge in [-0.25, -0.2) is 13.6 Å². The Morgan fingerprint density at radius 1 is 1.10 bits per heavy atom. The summed E-state index contributed by atoms with van der Waals surface area (Å²) in [6.07, 6.45) is 0.600. The number of benzene rings is 2. The Balaban J connectivity index is 1.86. The SMILES string of the molecule is NS(=O)(=O)CCCNC(=O)Cc1ccc2ccccc2c1. The monoisotopic (exact) mass is 306 g/mol. The van der Waals surface area contributed by atoms with Gasteiger partial charge in [0, 0.05) is 6.54 Å². The van der Waals surface area contributed by atoms with E-state index in [1.54, 1.807) is 0 Å². The summed E-state index contributed by atoms with van der Waals surface area (Å²) < 4.78 is 21.5. The molecule has 6 heteroatoms. The number of rotatable bonds is 6. The lowest BCUT2D eigenvalue weighted by molar-refractivity contribution is -0.120. The average Bonchev–Trinajstić information content (AvgIpc) is 2.42. The highest BCUT2D eigenvalue weighted by Gasteiger charge is 2.06. The normalized spacial score (nSPS) is 11.5. The molecule has 0 atom stereocenters. The minimum Gasteiger partial charge on any atom is -0.356 e. The first kappa shape index (κ1) is 15.5. The molecule has 2 aromatic rings. The van der Waals surface area contributed by atoms with E-state index in [1.807, 2.05) is 42.5 Å². The van der Waals surface area contributed by atoms with Gasteiger partial charge in [-0.15, -0.1) is 0 Å². The third kappa shape index (κ3) is 5.17. The van der Waals surface area contributed by atoms with Gasteiger partial charge in [-0.05, 0) is 22.8 Å². The summed E-state index contributed by atoms with van der Waals surface area (Å²) in [6, 6.07) is 13.8. The van der Waals surface area contributed by atoms with Gasteiger partial charge in [0.25, 0.3) is 0 Å². The van der Waals surface area contributed by atoms with Crippen LogP contribution in [0.2, 0.25) is 0 Å². The number of sulfonamides is 1. The minimum absolute atomic E-state index is 0.122. The van der Waals surface area contributed by atoms with Gasteiger partial charge < -0.3 is 5.32 Å². The zero-order valence-corrected chi connectivity index (χ0v) is 12.4. The fourth-order valence-corrected chi connectivity index (χ4v) is 2.64. The number of carbonyl (C=O) groups excluding carboxylic acids is 1. The Hall–Kier alpha value is -1.92. The van der Waals surface area contributed by atoms with Crippen LogP contribution in [0.3, 0.4) is 0 Å². The highest BCUT2D eigenvalue weighted by atomic mass is 32.2. The van der Waals surface area contributed by atoms with Crippen molar-refractivity contribution < 1.29 is 13.2 Å². The largest absolute Gasteiger partial charge is 0.356 e. The molecule has 0 spiro atoms. The molecule has 0 bridgehead atoms. The molecule has 0 aromatic heterocycles. The maximum absolute atomic E-state index is 11.8. The second-order valence-electron chi connectivity index (χ2n) is 4.93. The van der Waals surface area contributed by atoms with E-state index in [9.17, 15) is 13.2 Å². The lowest BCUT2D eigenvalue weighted by atomic mass is 10.0. The first-order valence-corrected chi connectivity index (χ1v) is 8.40. The summed E-state index contributed by atoms with van der Waals surface area (Å²) in [5.74, 6) is -0.247. The predicted molar refractivity (Wildman–Crippen MR) is 83.3 cm³/mol. The molecular formula is C15H18N2O3S. The van der Waals surface area contributed by atoms with Crippen LogP contribution in [0.5, 0.6) is 0 Å². The van der Waals surface area contributed by atoms with Crippen molar-refractivity contribution in [2.24, 2.45) is 5.14 Å². The molecular weight excluding hydrogens is 288 g/mol. The molecule has 0 unspecified atom stereocenters. The van der Waals surface area contributed by atoms with E-state index in [-0.39, 0.29) is 18.1 Å². The number of nitrogens with two attached hydrogens (primary N) is 1. The minimum atomic E-state index is -3.46. The van der Waals surface area contributed by atoms with Crippen LogP contribution in [-0.2, 0) is 21.2 Å². The Kier molecular flexibility index (Phi) is 4.93. The summed E-state index contributed by atoms with van der Waals surface area (Å²) in [5, 5.41) is 9.81. The molecule has 0 aliphatic carbocycles. The summed E-state index contributed by atoms with van der Waals surface area (Å²) >= 11 is 0. The number of fused-ring (bicyclic) bond motifs is 1. The van der Waals surface area contributed by atoms with E-state index >= 15 is 0 Å². The van der Waals surface area contributed by atoms with Crippen LogP contribution >= 0.6 is 0 Å². The Labute approximate surface area is 124 Å². The van der Waals surface area contributed by atoms with E-state index in [2.05, 4.69) is 5.32 Å². The second-order valence-corrected chi connectivity index (χ2v) is 6.66. The maximum Gasteiger partial charge on any atom is 0.224 e. The Bertz CT molecular complexity index is 741. The van der Waals surface area contributed by atoms with Gasteiger partial charge in [-0.1, -0.05) is 42.5 Å². The van der Waals surface area contributed by atoms with Gasteiger partial charge in [0.1, 0.15) is 0 Å². The molecule has 112 valence electrons. The average molecular weight is 306 g/mol. The number of carbonyl (C=O) groups is 1. The van der Waals surface area contributed by atoms with Crippen LogP contribution in [0.15, 0.2) is 42.5 Å². The molecule has 0 aliphatic heterocycles. The number of primary sulfonamides is 1. The molecule has 0 radical (unpaired) electrons. The molecule has 2 aromatic carbocycles. The molecule has 0 aliphatic rings. The van der Waals surface area contributed by atoms with Crippen molar-refractivity contribution in [3.05, 3.63) is 48.0 Å². The van der Waals surface area contributed by atoms with E-state index in [4.69, 9.17) is 5.14 Å². The predicted octanol–water partition coefficient (Wildman–Crippen LogP) is 1.18. The molecule has 0 fully saturated rings. The molecule has 0 heterocycles. The molecule has 1 amide bonds. The van der Waals surface area contributed by atoms with E-state index in [1.165, 1.54) is 0 Å². The molecule has 0 saturated heterocycles. The zero-order chi connectivity index (χ0) is 15.3. The molecule has 2 rings (SSSR count). The Morgan fingerprint density at radius 2 is 1.81 bits per heavy atom. The fourth-order valence-electron chi connectivity index (χ4n) is 2.10. The maximum atomic E-state index is 11.8. The van der Waals surface area contributed by atoms with Crippen molar-refractivity contribution in [2.75, 3.05) is 12.3 Å². The summed E-state index contributed by atoms with van der Waals surface area (Å²) in [5.41, 5.74) is 0.928. The van der Waals surface area contributed by atoms with Gasteiger partial charge in [-0.2, -0.15) is 0 Å². The molecule has 5 nitrogen and oxygen atoms in total. The molecule has 3 N–H and O–H groups in total. The number of hydrogen-bond acceptors (Lipinski definition) is 3. The first-order valence-electron chi connectivity index (χ1n) is 6.69. The lowest BCUT2D eigenvalue weighted by Crippen LogP contribution is -2.28. The lowest BCUT2D eigenvalue weighted by Gasteiger charge is -2.06. The van der Waals surface area contributed by atoms with Gasteiger partial charge in [-0.3, -0.25) is 4.79 Å².